The fourth-order valence-corrected chi connectivity index (χ4v) is 8.54. The quantitative estimate of drug-likeness (QED) is 0.0590. The van der Waals surface area contributed by atoms with Crippen LogP contribution >= 0.6 is 0 Å². The minimum absolute atomic E-state index is 0.175. The summed E-state index contributed by atoms with van der Waals surface area (Å²) in [4.78, 5) is 3.49. The topological polar surface area (TPSA) is 24.9 Å². The van der Waals surface area contributed by atoms with Crippen LogP contribution in [0.2, 0.25) is 0 Å². The van der Waals surface area contributed by atoms with Crippen molar-refractivity contribution in [1.82, 2.24) is 0 Å². The van der Waals surface area contributed by atoms with E-state index in [1.54, 1.807) is 58.3 Å². The van der Waals surface area contributed by atoms with E-state index in [1.807, 2.05) is 86.6 Å². The number of hydrogen-bond donors (Lipinski definition) is 0. The zero-order chi connectivity index (χ0) is 47.7. The van der Waals surface area contributed by atoms with Crippen LogP contribution in [0.25, 0.3) is 32.3 Å². The maximum Gasteiger partial charge on any atom is 0.207 e. The van der Waals surface area contributed by atoms with E-state index in [-0.39, 0.29) is 22.9 Å². The number of anilines is 6. The predicted octanol–water partition coefficient (Wildman–Crippen LogP) is 17.1. The average Bonchev–Trinajstić information content (AvgIpc) is 3.35. The molecule has 0 heterocycles. The van der Waals surface area contributed by atoms with Gasteiger partial charge in [-0.1, -0.05) is 84.9 Å². The molecule has 0 aliphatic rings. The lowest BCUT2D eigenvalue weighted by Gasteiger charge is -2.30. The number of nitrogens with zero attached hydrogens (tertiary/aromatic N) is 2. The molecule has 68 heavy (non-hydrogen) atoms. The molecule has 0 saturated heterocycles. The van der Waals surface area contributed by atoms with Crippen LogP contribution < -0.4 is 19.3 Å². The number of ether oxygens (including phenoxy) is 2. The van der Waals surface area contributed by atoms with Crippen molar-refractivity contribution < 1.29 is 53.4 Å². The molecule has 338 valence electrons. The molecule has 0 N–H and O–H groups in total. The maximum absolute atomic E-state index is 15.1. The summed E-state index contributed by atoms with van der Waals surface area (Å²) >= 11 is 0. The van der Waals surface area contributed by atoms with Crippen molar-refractivity contribution in [3.8, 4) is 23.0 Å². The summed E-state index contributed by atoms with van der Waals surface area (Å²) in [5.74, 6) is -25.4. The number of rotatable bonds is 10. The Hall–Kier alpha value is -8.26. The molecule has 0 amide bonds. The van der Waals surface area contributed by atoms with Crippen LogP contribution in [0.4, 0.5) is 78.0 Å². The molecule has 0 aliphatic carbocycles. The largest absolute Gasteiger partial charge is 0.449 e. The molecule has 10 aromatic carbocycles. The van der Waals surface area contributed by atoms with Crippen molar-refractivity contribution in [2.24, 2.45) is 0 Å². The van der Waals surface area contributed by atoms with Crippen LogP contribution in [0.1, 0.15) is 11.1 Å². The summed E-state index contributed by atoms with van der Waals surface area (Å²) in [6.45, 7) is 3.72. The second kappa shape index (κ2) is 16.9. The molecule has 0 atom stereocenters. The smallest absolute Gasteiger partial charge is 0.207 e. The Labute approximate surface area is 380 Å². The SMILES string of the molecule is Cc1cccc(N(c2ccccc2Oc2c(F)c(F)c(F)c(F)c2F)c2ccc3ccc4c(N(c5cccc(C)c5)c5ccccc5Oc5c(F)c(F)c(F)c(F)c5F)ccc5ccc2c3c54)c1. The molecule has 0 bridgehead atoms. The molecule has 4 nitrogen and oxygen atoms in total. The minimum atomic E-state index is -2.33. The highest BCUT2D eigenvalue weighted by molar-refractivity contribution is 6.28. The molecule has 10 rings (SSSR count). The molecule has 0 aliphatic heterocycles. The highest BCUT2D eigenvalue weighted by Crippen LogP contribution is 2.51. The summed E-state index contributed by atoms with van der Waals surface area (Å²) in [5, 5.41) is 4.36. The fraction of sp³-hybridized carbons (Fsp3) is 0.0370. The van der Waals surface area contributed by atoms with Crippen LogP contribution in [-0.4, -0.2) is 0 Å². The first-order chi connectivity index (χ1) is 32.7. The lowest BCUT2D eigenvalue weighted by Crippen LogP contribution is -2.13. The third-order valence-corrected chi connectivity index (χ3v) is 11.6. The van der Waals surface area contributed by atoms with Gasteiger partial charge < -0.3 is 19.3 Å². The Bertz CT molecular complexity index is 3360. The fourth-order valence-electron chi connectivity index (χ4n) is 8.54. The van der Waals surface area contributed by atoms with Crippen LogP contribution in [-0.2, 0) is 0 Å². The molecule has 0 unspecified atom stereocenters. The van der Waals surface area contributed by atoms with Crippen molar-refractivity contribution in [2.75, 3.05) is 9.80 Å². The normalized spacial score (nSPS) is 11.5. The first kappa shape index (κ1) is 43.6. The van der Waals surface area contributed by atoms with Crippen molar-refractivity contribution >= 4 is 66.4 Å². The van der Waals surface area contributed by atoms with Gasteiger partial charge in [-0.15, -0.1) is 0 Å². The van der Waals surface area contributed by atoms with Crippen molar-refractivity contribution in [1.29, 1.82) is 0 Å². The Balaban J connectivity index is 1.20. The third-order valence-electron chi connectivity index (χ3n) is 11.6. The number of aryl methyl sites for hydroxylation is 2. The Morgan fingerprint density at radius 3 is 1.03 bits per heavy atom. The summed E-state index contributed by atoms with van der Waals surface area (Å²) < 4.78 is 158. The predicted molar refractivity (Wildman–Crippen MR) is 242 cm³/mol. The van der Waals surface area contributed by atoms with Gasteiger partial charge in [0, 0.05) is 22.1 Å². The molecule has 0 saturated carbocycles. The van der Waals surface area contributed by atoms with Crippen LogP contribution in [0.15, 0.2) is 146 Å². The summed E-state index contributed by atoms with van der Waals surface area (Å²) in [6.07, 6.45) is 0. The monoisotopic (exact) mass is 928 g/mol. The molecule has 0 radical (unpaired) electrons. The van der Waals surface area contributed by atoms with E-state index in [1.165, 1.54) is 24.3 Å². The highest BCUT2D eigenvalue weighted by Gasteiger charge is 2.31. The van der Waals surface area contributed by atoms with Gasteiger partial charge in [-0.25, -0.2) is 26.3 Å². The second-order valence-corrected chi connectivity index (χ2v) is 15.9. The second-order valence-electron chi connectivity index (χ2n) is 15.9. The number of benzene rings is 10. The maximum atomic E-state index is 15.1. The van der Waals surface area contributed by atoms with Crippen LogP contribution in [0, 0.1) is 72.0 Å². The lowest BCUT2D eigenvalue weighted by atomic mass is 9.91. The molecule has 14 heteroatoms. The molecular weight excluding hydrogens is 899 g/mol. The van der Waals surface area contributed by atoms with Gasteiger partial charge in [0.05, 0.1) is 22.7 Å². The van der Waals surface area contributed by atoms with E-state index in [2.05, 4.69) is 0 Å². The van der Waals surface area contributed by atoms with Crippen LogP contribution in [0.3, 0.4) is 0 Å². The van der Waals surface area contributed by atoms with Gasteiger partial charge in [-0.05, 0) is 107 Å². The van der Waals surface area contributed by atoms with Crippen molar-refractivity contribution in [3.05, 3.63) is 215 Å². The number of hydrogen-bond acceptors (Lipinski definition) is 4. The van der Waals surface area contributed by atoms with Gasteiger partial charge >= 0.3 is 0 Å². The first-order valence-corrected chi connectivity index (χ1v) is 20.7. The van der Waals surface area contributed by atoms with Crippen LogP contribution in [0.5, 0.6) is 23.0 Å². The van der Waals surface area contributed by atoms with Gasteiger partial charge in [-0.2, -0.15) is 17.6 Å². The molecule has 0 aromatic heterocycles. The zero-order valence-corrected chi connectivity index (χ0v) is 35.3. The lowest BCUT2D eigenvalue weighted by molar-refractivity contribution is 0.332. The van der Waals surface area contributed by atoms with Gasteiger partial charge in [0.2, 0.25) is 69.7 Å². The average molecular weight is 929 g/mol. The minimum Gasteiger partial charge on any atom is -0.449 e. The van der Waals surface area contributed by atoms with E-state index in [0.29, 0.717) is 33.5 Å². The third kappa shape index (κ3) is 7.11. The Morgan fingerprint density at radius 2 is 0.662 bits per heavy atom. The van der Waals surface area contributed by atoms with Crippen molar-refractivity contribution in [3.63, 3.8) is 0 Å². The van der Waals surface area contributed by atoms with E-state index in [9.17, 15) is 26.3 Å². The molecule has 0 spiro atoms. The van der Waals surface area contributed by atoms with E-state index in [4.69, 9.17) is 9.47 Å². The first-order valence-electron chi connectivity index (χ1n) is 20.7. The number of para-hydroxylation sites is 4. The summed E-state index contributed by atoms with van der Waals surface area (Å²) in [7, 11) is 0. The molecule has 0 fully saturated rings. The molecule has 10 aromatic rings. The summed E-state index contributed by atoms with van der Waals surface area (Å²) in [5.41, 5.74) is 4.14. The molecular formula is C54H30F10N2O2. The van der Waals surface area contributed by atoms with Gasteiger partial charge in [-0.3, -0.25) is 0 Å². The van der Waals surface area contributed by atoms with E-state index >= 15 is 17.6 Å². The Morgan fingerprint density at radius 1 is 0.324 bits per heavy atom. The van der Waals surface area contributed by atoms with E-state index < -0.39 is 69.7 Å². The Kier molecular flexibility index (Phi) is 10.8. The standard InChI is InChI=1S/C54H30F10N2O2/c1-27-9-7-11-31(25-27)65(37-13-3-5-15-39(37)67-53-49(61)45(57)43(55)46(58)50(53)62)35-23-19-29-18-22-34-36(24-20-30-17-21-33(35)41(29)42(30)34)66(32-12-8-10-28(2)26-32)38-14-4-6-16-40(38)68-54-51(63)47(59)44(56)48(60)52(54)64/h3-26H,1-2H3. The van der Waals surface area contributed by atoms with Gasteiger partial charge in [0.1, 0.15) is 0 Å². The highest BCUT2D eigenvalue weighted by atomic mass is 19.2. The van der Waals surface area contributed by atoms with Crippen molar-refractivity contribution in [2.45, 2.75) is 13.8 Å². The summed E-state index contributed by atoms with van der Waals surface area (Å²) in [6, 6.07) is 41.5. The van der Waals surface area contributed by atoms with E-state index in [0.717, 1.165) is 32.7 Å². The van der Waals surface area contributed by atoms with Gasteiger partial charge in [0.25, 0.3) is 0 Å². The zero-order valence-electron chi connectivity index (χ0n) is 35.3. The number of halogens is 10. The van der Waals surface area contributed by atoms with Gasteiger partial charge in [0.15, 0.2) is 11.5 Å².